The van der Waals surface area contributed by atoms with Gasteiger partial charge in [-0.15, -0.1) is 0 Å². The van der Waals surface area contributed by atoms with Gasteiger partial charge in [0.15, 0.2) is 0 Å². The van der Waals surface area contributed by atoms with Crippen molar-refractivity contribution in [1.82, 2.24) is 29.7 Å². The first-order valence-electron chi connectivity index (χ1n) is 11.3. The Balaban J connectivity index is 1.64. The van der Waals surface area contributed by atoms with Gasteiger partial charge in [-0.1, -0.05) is 13.8 Å². The molecule has 170 valence electrons. The van der Waals surface area contributed by atoms with Crippen molar-refractivity contribution in [3.05, 3.63) is 42.7 Å². The second-order valence-electron chi connectivity index (χ2n) is 8.38. The third-order valence-electron chi connectivity index (χ3n) is 6.21. The van der Waals surface area contributed by atoms with Crippen LogP contribution in [0.4, 0.5) is 0 Å². The highest BCUT2D eigenvalue weighted by Gasteiger charge is 2.28. The fourth-order valence-electron chi connectivity index (χ4n) is 4.16. The van der Waals surface area contributed by atoms with Crippen LogP contribution in [-0.2, 0) is 0 Å². The molecule has 0 saturated carbocycles. The zero-order chi connectivity index (χ0) is 22.6. The molecule has 0 unspecified atom stereocenters. The number of nitrogens with zero attached hydrogens (tertiary/aromatic N) is 6. The third kappa shape index (κ3) is 4.58. The normalized spacial score (nSPS) is 17.1. The summed E-state index contributed by atoms with van der Waals surface area (Å²) in [5.74, 6) is 0. The Morgan fingerprint density at radius 2 is 2.06 bits per heavy atom. The number of nitrogens with one attached hydrogen (secondary N) is 1. The Hall–Kier alpha value is -3.04. The minimum absolute atomic E-state index is 0.338. The van der Waals surface area contributed by atoms with Gasteiger partial charge >= 0.3 is 0 Å². The van der Waals surface area contributed by atoms with Crippen LogP contribution in [0.2, 0.25) is 0 Å². The lowest BCUT2D eigenvalue weighted by atomic mass is 9.93. The molecule has 3 aromatic rings. The van der Waals surface area contributed by atoms with Crippen molar-refractivity contribution in [3.8, 4) is 11.3 Å². The molecule has 0 spiro atoms. The van der Waals surface area contributed by atoms with Crippen LogP contribution in [0, 0.1) is 0 Å². The van der Waals surface area contributed by atoms with E-state index in [0.29, 0.717) is 36.7 Å². The van der Waals surface area contributed by atoms with E-state index in [0.717, 1.165) is 42.7 Å². The van der Waals surface area contributed by atoms with Gasteiger partial charge in [-0.2, -0.15) is 10.2 Å². The van der Waals surface area contributed by atoms with E-state index in [1.54, 1.807) is 16.9 Å². The van der Waals surface area contributed by atoms with Crippen molar-refractivity contribution in [2.24, 2.45) is 10.7 Å². The van der Waals surface area contributed by atoms with E-state index in [1.807, 2.05) is 29.3 Å². The van der Waals surface area contributed by atoms with Gasteiger partial charge in [0.2, 0.25) is 0 Å². The maximum Gasteiger partial charge on any atom is 0.0999 e. The van der Waals surface area contributed by atoms with Crippen LogP contribution in [0.15, 0.2) is 42.0 Å². The van der Waals surface area contributed by atoms with E-state index >= 15 is 0 Å². The van der Waals surface area contributed by atoms with Crippen LogP contribution in [0.3, 0.4) is 0 Å². The summed E-state index contributed by atoms with van der Waals surface area (Å²) < 4.78 is 3.81. The smallest absolute Gasteiger partial charge is 0.0999 e. The van der Waals surface area contributed by atoms with Crippen molar-refractivity contribution < 1.29 is 5.11 Å². The highest BCUT2D eigenvalue weighted by molar-refractivity contribution is 6.09. The molecule has 1 aliphatic heterocycles. The van der Waals surface area contributed by atoms with Gasteiger partial charge in [-0.05, 0) is 44.8 Å². The summed E-state index contributed by atoms with van der Waals surface area (Å²) >= 11 is 0. The summed E-state index contributed by atoms with van der Waals surface area (Å²) in [6, 6.07) is 2.30. The number of hydrogen-bond acceptors (Lipinski definition) is 7. The molecule has 1 fully saturated rings. The molecule has 9 nitrogen and oxygen atoms in total. The van der Waals surface area contributed by atoms with Gasteiger partial charge in [0.05, 0.1) is 53.7 Å². The van der Waals surface area contributed by atoms with E-state index in [9.17, 15) is 5.11 Å². The highest BCUT2D eigenvalue weighted by Crippen LogP contribution is 2.26. The van der Waals surface area contributed by atoms with E-state index in [2.05, 4.69) is 34.4 Å². The van der Waals surface area contributed by atoms with E-state index in [-0.39, 0.29) is 0 Å². The number of nitrogens with two attached hydrogens (primary N) is 1. The van der Waals surface area contributed by atoms with Crippen molar-refractivity contribution in [3.63, 3.8) is 0 Å². The number of aliphatic hydroxyl groups is 1. The van der Waals surface area contributed by atoms with Crippen LogP contribution in [0.5, 0.6) is 0 Å². The summed E-state index contributed by atoms with van der Waals surface area (Å²) in [5.41, 5.74) is 9.13. The number of piperidine rings is 1. The SMILES string of the molecule is CCC(CC)n1cc(-c2nc(C(C=NCC3(O)CCNCC3)=CN)cn3nccc23)cn1. The minimum Gasteiger partial charge on any atom is -0.404 e. The Morgan fingerprint density at radius 3 is 2.78 bits per heavy atom. The number of fused-ring (bicyclic) bond motifs is 1. The fourth-order valence-corrected chi connectivity index (χ4v) is 4.16. The quantitative estimate of drug-likeness (QED) is 0.467. The lowest BCUT2D eigenvalue weighted by Crippen LogP contribution is -2.44. The van der Waals surface area contributed by atoms with Crippen LogP contribution >= 0.6 is 0 Å². The lowest BCUT2D eigenvalue weighted by molar-refractivity contribution is 0.0198. The van der Waals surface area contributed by atoms with Crippen molar-refractivity contribution in [2.45, 2.75) is 51.2 Å². The van der Waals surface area contributed by atoms with E-state index < -0.39 is 5.60 Å². The molecule has 3 aromatic heterocycles. The number of aromatic nitrogens is 5. The molecule has 0 atom stereocenters. The lowest BCUT2D eigenvalue weighted by Gasteiger charge is -2.30. The Kier molecular flexibility index (Phi) is 6.66. The number of aliphatic imine (C=N–C) groups is 1. The molecular weight excluding hydrogens is 404 g/mol. The maximum absolute atomic E-state index is 10.7. The Morgan fingerprint density at radius 1 is 1.28 bits per heavy atom. The predicted molar refractivity (Wildman–Crippen MR) is 126 cm³/mol. The van der Waals surface area contributed by atoms with Crippen molar-refractivity contribution in [2.75, 3.05) is 19.6 Å². The molecule has 4 heterocycles. The predicted octanol–water partition coefficient (Wildman–Crippen LogP) is 2.44. The molecule has 0 amide bonds. The molecule has 9 heteroatoms. The van der Waals surface area contributed by atoms with Crippen molar-refractivity contribution >= 4 is 17.3 Å². The number of rotatable bonds is 8. The van der Waals surface area contributed by atoms with Crippen LogP contribution < -0.4 is 11.1 Å². The first kappa shape index (κ1) is 22.2. The van der Waals surface area contributed by atoms with Crippen molar-refractivity contribution in [1.29, 1.82) is 0 Å². The molecule has 0 bridgehead atoms. The Bertz CT molecular complexity index is 1100. The first-order chi connectivity index (χ1) is 15.6. The van der Waals surface area contributed by atoms with Crippen LogP contribution in [-0.4, -0.2) is 60.9 Å². The van der Waals surface area contributed by atoms with Gasteiger partial charge < -0.3 is 16.2 Å². The van der Waals surface area contributed by atoms with Gasteiger partial charge in [0.25, 0.3) is 0 Å². The first-order valence-corrected chi connectivity index (χ1v) is 11.3. The zero-order valence-corrected chi connectivity index (χ0v) is 18.8. The largest absolute Gasteiger partial charge is 0.404 e. The van der Waals surface area contributed by atoms with Gasteiger partial charge in [0.1, 0.15) is 0 Å². The number of hydrogen-bond donors (Lipinski definition) is 3. The molecule has 0 radical (unpaired) electrons. The maximum atomic E-state index is 10.7. The van der Waals surface area contributed by atoms with E-state index in [1.165, 1.54) is 6.20 Å². The summed E-state index contributed by atoms with van der Waals surface area (Å²) in [6.07, 6.45) is 14.1. The van der Waals surface area contributed by atoms with Crippen LogP contribution in [0.1, 0.15) is 51.3 Å². The molecule has 0 aliphatic carbocycles. The average Bonchev–Trinajstić information content (AvgIpc) is 3.47. The number of allylic oxidation sites excluding steroid dienone is 1. The average molecular weight is 437 g/mol. The summed E-state index contributed by atoms with van der Waals surface area (Å²) in [4.78, 5) is 9.39. The van der Waals surface area contributed by atoms with Gasteiger partial charge in [0, 0.05) is 29.7 Å². The second-order valence-corrected chi connectivity index (χ2v) is 8.38. The molecule has 4 N–H and O–H groups in total. The standard InChI is InChI=1S/C23H32N8O/c1-3-19(4-2)30-14-18(13-28-30)22-21-5-8-27-31(21)15-20(29-22)17(11-24)12-26-16-23(32)6-9-25-10-7-23/h5,8,11-15,19,25,32H,3-4,6-7,9-10,16,24H2,1-2H3. The third-order valence-corrected chi connectivity index (χ3v) is 6.21. The summed E-state index contributed by atoms with van der Waals surface area (Å²) in [6.45, 7) is 6.28. The van der Waals surface area contributed by atoms with E-state index in [4.69, 9.17) is 10.7 Å². The van der Waals surface area contributed by atoms with Crippen LogP contribution in [0.25, 0.3) is 22.3 Å². The zero-order valence-electron chi connectivity index (χ0n) is 18.8. The fraction of sp³-hybridized carbons (Fsp3) is 0.478. The highest BCUT2D eigenvalue weighted by atomic mass is 16.3. The molecule has 4 rings (SSSR count). The topological polar surface area (TPSA) is 119 Å². The van der Waals surface area contributed by atoms with Gasteiger partial charge in [-0.3, -0.25) is 9.67 Å². The molecule has 1 aliphatic rings. The molecule has 1 saturated heterocycles. The second kappa shape index (κ2) is 9.62. The molecule has 0 aromatic carbocycles. The summed E-state index contributed by atoms with van der Waals surface area (Å²) in [5, 5.41) is 22.9. The monoisotopic (exact) mass is 436 g/mol. The minimum atomic E-state index is -0.768. The van der Waals surface area contributed by atoms with Gasteiger partial charge in [-0.25, -0.2) is 9.50 Å². The Labute approximate surface area is 188 Å². The summed E-state index contributed by atoms with van der Waals surface area (Å²) in [7, 11) is 0. The molecule has 32 heavy (non-hydrogen) atoms. The molecular formula is C23H32N8O.